The summed E-state index contributed by atoms with van der Waals surface area (Å²) in [4.78, 5) is 29.2. The minimum absolute atomic E-state index is 0.0582. The van der Waals surface area contributed by atoms with Gasteiger partial charge in [0.15, 0.2) is 6.04 Å². The number of carbonyl (C=O) groups excluding carboxylic acids is 2. The Kier molecular flexibility index (Phi) is 7.91. The van der Waals surface area contributed by atoms with Crippen LogP contribution in [0.15, 0.2) is 47.6 Å². The Morgan fingerprint density at radius 2 is 1.89 bits per heavy atom. The lowest BCUT2D eigenvalue weighted by atomic mass is 10.2. The first kappa shape index (κ1) is 21.0. The van der Waals surface area contributed by atoms with Crippen molar-refractivity contribution in [2.24, 2.45) is 5.16 Å². The van der Waals surface area contributed by atoms with E-state index in [0.717, 1.165) is 6.21 Å². The van der Waals surface area contributed by atoms with E-state index in [1.807, 2.05) is 0 Å². The van der Waals surface area contributed by atoms with Gasteiger partial charge in [-0.05, 0) is 30.3 Å². The summed E-state index contributed by atoms with van der Waals surface area (Å²) in [5.74, 6) is -1.22. The van der Waals surface area contributed by atoms with Crippen LogP contribution in [0.25, 0.3) is 0 Å². The molecule has 1 atom stereocenters. The number of esters is 1. The maximum Gasteiger partial charge on any atom is 0.334 e. The molecule has 1 amide bonds. The van der Waals surface area contributed by atoms with E-state index >= 15 is 0 Å². The minimum Gasteiger partial charge on any atom is -0.467 e. The number of halogens is 3. The molecule has 0 spiro atoms. The summed E-state index contributed by atoms with van der Waals surface area (Å²) in [6.07, 6.45) is 1.12. The van der Waals surface area contributed by atoms with Crippen molar-refractivity contribution in [3.63, 3.8) is 0 Å². The second kappa shape index (κ2) is 10.2. The van der Waals surface area contributed by atoms with Gasteiger partial charge in [-0.3, -0.25) is 4.79 Å². The van der Waals surface area contributed by atoms with Crippen molar-refractivity contribution in [2.75, 3.05) is 7.11 Å². The number of rotatable bonds is 7. The summed E-state index contributed by atoms with van der Waals surface area (Å²) in [6.45, 7) is 0.0582. The van der Waals surface area contributed by atoms with E-state index in [0.29, 0.717) is 26.2 Å². The summed E-state index contributed by atoms with van der Waals surface area (Å²) in [5.41, 5.74) is 0.953. The number of ether oxygens (including phenoxy) is 1. The maximum atomic E-state index is 12.2. The fourth-order valence-corrected chi connectivity index (χ4v) is 2.64. The first-order valence-electron chi connectivity index (χ1n) is 7.64. The second-order valence-corrected chi connectivity index (χ2v) is 6.53. The van der Waals surface area contributed by atoms with Gasteiger partial charge in [0.25, 0.3) is 5.91 Å². The van der Waals surface area contributed by atoms with Gasteiger partial charge in [0.1, 0.15) is 6.61 Å². The number of hydrogen-bond donors (Lipinski definition) is 1. The topological polar surface area (TPSA) is 77.0 Å². The molecule has 0 aliphatic rings. The zero-order valence-corrected chi connectivity index (χ0v) is 16.4. The van der Waals surface area contributed by atoms with E-state index in [4.69, 9.17) is 39.6 Å². The summed E-state index contributed by atoms with van der Waals surface area (Å²) in [5, 5.41) is 7.52. The lowest BCUT2D eigenvalue weighted by Gasteiger charge is -2.12. The molecule has 0 radical (unpaired) electrons. The van der Waals surface area contributed by atoms with Gasteiger partial charge in [-0.25, -0.2) is 4.79 Å². The van der Waals surface area contributed by atoms with Crippen LogP contribution in [-0.2, 0) is 21.0 Å². The van der Waals surface area contributed by atoms with Gasteiger partial charge in [-0.2, -0.15) is 0 Å². The van der Waals surface area contributed by atoms with Crippen LogP contribution in [0.3, 0.4) is 0 Å². The number of carbonyl (C=O) groups is 2. The highest BCUT2D eigenvalue weighted by molar-refractivity contribution is 6.35. The molecule has 2 aromatic rings. The van der Waals surface area contributed by atoms with Crippen LogP contribution in [0, 0.1) is 0 Å². The smallest absolute Gasteiger partial charge is 0.334 e. The average molecular weight is 430 g/mol. The van der Waals surface area contributed by atoms with Gasteiger partial charge >= 0.3 is 5.97 Å². The van der Waals surface area contributed by atoms with Crippen LogP contribution >= 0.6 is 34.8 Å². The van der Waals surface area contributed by atoms with Crippen molar-refractivity contribution >= 4 is 52.9 Å². The van der Waals surface area contributed by atoms with Crippen LogP contribution in [0.4, 0.5) is 0 Å². The molecular weight excluding hydrogens is 415 g/mol. The van der Waals surface area contributed by atoms with E-state index in [2.05, 4.69) is 15.2 Å². The molecule has 9 heteroatoms. The van der Waals surface area contributed by atoms with Crippen LogP contribution in [0.1, 0.15) is 15.9 Å². The third-order valence-corrected chi connectivity index (χ3v) is 4.17. The molecule has 2 aromatic carbocycles. The lowest BCUT2D eigenvalue weighted by molar-refractivity contribution is -0.140. The molecule has 0 aliphatic carbocycles. The highest BCUT2D eigenvalue weighted by atomic mass is 35.5. The molecule has 6 nitrogen and oxygen atoms in total. The predicted octanol–water partition coefficient (Wildman–Crippen LogP) is 4.12. The first-order chi connectivity index (χ1) is 12.9. The Morgan fingerprint density at radius 1 is 1.15 bits per heavy atom. The SMILES string of the molecule is COC(=O)C(/C=N\OCc1ccc(Cl)cc1Cl)NC(=O)c1cccc(Cl)c1. The summed E-state index contributed by atoms with van der Waals surface area (Å²) < 4.78 is 4.66. The number of oxime groups is 1. The average Bonchev–Trinajstić information content (AvgIpc) is 2.64. The maximum absolute atomic E-state index is 12.2. The van der Waals surface area contributed by atoms with Crippen molar-refractivity contribution < 1.29 is 19.2 Å². The van der Waals surface area contributed by atoms with E-state index in [1.165, 1.54) is 13.2 Å². The molecule has 27 heavy (non-hydrogen) atoms. The number of hydrogen-bond acceptors (Lipinski definition) is 5. The monoisotopic (exact) mass is 428 g/mol. The standard InChI is InChI=1S/C18H15Cl3N2O4/c1-26-18(25)16(23-17(24)11-3-2-4-13(19)7-11)9-22-27-10-12-5-6-14(20)8-15(12)21/h2-9,16H,10H2,1H3,(H,23,24)/b22-9-. The molecular formula is C18H15Cl3N2O4. The second-order valence-electron chi connectivity index (χ2n) is 5.25. The molecule has 0 saturated heterocycles. The Balaban J connectivity index is 2.00. The largest absolute Gasteiger partial charge is 0.467 e. The van der Waals surface area contributed by atoms with Crippen molar-refractivity contribution in [3.8, 4) is 0 Å². The molecule has 0 bridgehead atoms. The van der Waals surface area contributed by atoms with Gasteiger partial charge in [0.05, 0.1) is 13.3 Å². The van der Waals surface area contributed by atoms with Gasteiger partial charge in [0.2, 0.25) is 0 Å². The summed E-state index contributed by atoms with van der Waals surface area (Å²) in [6, 6.07) is 10.1. The van der Waals surface area contributed by atoms with Crippen molar-refractivity contribution in [1.82, 2.24) is 5.32 Å². The van der Waals surface area contributed by atoms with Gasteiger partial charge in [0, 0.05) is 26.2 Å². The van der Waals surface area contributed by atoms with E-state index in [9.17, 15) is 9.59 Å². The lowest BCUT2D eigenvalue weighted by Crippen LogP contribution is -2.42. The molecule has 0 fully saturated rings. The van der Waals surface area contributed by atoms with Crippen molar-refractivity contribution in [1.29, 1.82) is 0 Å². The number of methoxy groups -OCH3 is 1. The number of benzene rings is 2. The third kappa shape index (κ3) is 6.43. The fourth-order valence-electron chi connectivity index (χ4n) is 1.99. The molecule has 0 heterocycles. The Hall–Kier alpha value is -2.28. The molecule has 0 aliphatic heterocycles. The van der Waals surface area contributed by atoms with Crippen molar-refractivity contribution in [2.45, 2.75) is 12.6 Å². The molecule has 142 valence electrons. The molecule has 1 unspecified atom stereocenters. The van der Waals surface area contributed by atoms with Gasteiger partial charge < -0.3 is 14.9 Å². The van der Waals surface area contributed by atoms with Crippen LogP contribution in [-0.4, -0.2) is 31.2 Å². The van der Waals surface area contributed by atoms with Crippen LogP contribution in [0.5, 0.6) is 0 Å². The number of amides is 1. The van der Waals surface area contributed by atoms with Crippen molar-refractivity contribution in [3.05, 3.63) is 68.7 Å². The fraction of sp³-hybridized carbons (Fsp3) is 0.167. The minimum atomic E-state index is -1.14. The molecule has 0 saturated carbocycles. The molecule has 0 aromatic heterocycles. The highest BCUT2D eigenvalue weighted by Crippen LogP contribution is 2.21. The zero-order valence-electron chi connectivity index (χ0n) is 14.1. The number of nitrogens with one attached hydrogen (secondary N) is 1. The zero-order chi connectivity index (χ0) is 19.8. The third-order valence-electron chi connectivity index (χ3n) is 3.35. The molecule has 2 rings (SSSR count). The Morgan fingerprint density at radius 3 is 2.56 bits per heavy atom. The van der Waals surface area contributed by atoms with Gasteiger partial charge in [-0.1, -0.05) is 52.1 Å². The van der Waals surface area contributed by atoms with E-state index in [-0.39, 0.29) is 6.61 Å². The number of nitrogens with zero attached hydrogens (tertiary/aromatic N) is 1. The Labute approximate surface area is 171 Å². The normalized spacial score (nSPS) is 11.9. The van der Waals surface area contributed by atoms with Gasteiger partial charge in [-0.15, -0.1) is 0 Å². The predicted molar refractivity (Wildman–Crippen MR) is 104 cm³/mol. The van der Waals surface area contributed by atoms with Crippen LogP contribution in [0.2, 0.25) is 15.1 Å². The quantitative estimate of drug-likeness (QED) is 0.408. The highest BCUT2D eigenvalue weighted by Gasteiger charge is 2.20. The summed E-state index contributed by atoms with van der Waals surface area (Å²) in [7, 11) is 1.20. The van der Waals surface area contributed by atoms with Crippen LogP contribution < -0.4 is 5.32 Å². The summed E-state index contributed by atoms with van der Waals surface area (Å²) >= 11 is 17.7. The van der Waals surface area contributed by atoms with E-state index < -0.39 is 17.9 Å². The van der Waals surface area contributed by atoms with E-state index in [1.54, 1.807) is 36.4 Å². The first-order valence-corrected chi connectivity index (χ1v) is 8.77. The molecule has 1 N–H and O–H groups in total. The Bertz CT molecular complexity index is 858.